The normalized spacial score (nSPS) is 11.4. The lowest BCUT2D eigenvalue weighted by atomic mass is 10.3. The van der Waals surface area contributed by atoms with Crippen molar-refractivity contribution in [2.45, 2.75) is 6.36 Å². The lowest BCUT2D eigenvalue weighted by Crippen LogP contribution is -2.22. The molecule has 0 spiro atoms. The van der Waals surface area contributed by atoms with E-state index in [9.17, 15) is 18.0 Å². The number of hydrogen-bond donors (Lipinski definition) is 0. The van der Waals surface area contributed by atoms with Gasteiger partial charge in [-0.3, -0.25) is 4.79 Å². The molecule has 0 N–H and O–H groups in total. The molecule has 0 fully saturated rings. The summed E-state index contributed by atoms with van der Waals surface area (Å²) in [7, 11) is 0. The summed E-state index contributed by atoms with van der Waals surface area (Å²) in [5.41, 5.74) is -0.124. The average Bonchev–Trinajstić information content (AvgIpc) is 2.36. The van der Waals surface area contributed by atoms with Crippen LogP contribution in [0.3, 0.4) is 0 Å². The van der Waals surface area contributed by atoms with Crippen LogP contribution in [0.4, 0.5) is 13.2 Å². The number of halogens is 5. The highest BCUT2D eigenvalue weighted by Gasteiger charge is 2.31. The fourth-order valence-electron chi connectivity index (χ4n) is 1.39. The summed E-state index contributed by atoms with van der Waals surface area (Å²) in [6.07, 6.45) is -3.36. The van der Waals surface area contributed by atoms with Crippen molar-refractivity contribution in [1.29, 1.82) is 0 Å². The molecular weight excluding hydrogens is 409 g/mol. The zero-order chi connectivity index (χ0) is 14.9. The van der Waals surface area contributed by atoms with Crippen molar-refractivity contribution in [3.8, 4) is 11.4 Å². The molecule has 0 saturated carbocycles. The first-order valence-electron chi connectivity index (χ1n) is 5.07. The van der Waals surface area contributed by atoms with Gasteiger partial charge in [0.15, 0.2) is 0 Å². The maximum absolute atomic E-state index is 12.0. The summed E-state index contributed by atoms with van der Waals surface area (Å²) in [6.45, 7) is 0. The molecule has 0 aliphatic carbocycles. The number of alkyl halides is 3. The van der Waals surface area contributed by atoms with E-state index < -0.39 is 11.9 Å². The standard InChI is InChI=1S/C11H5Br2F3N2O2/c12-8-5-17-18(10(19)9(8)13)6-1-3-7(4-2-6)20-11(14,15)16/h1-5H. The van der Waals surface area contributed by atoms with Gasteiger partial charge >= 0.3 is 6.36 Å². The predicted molar refractivity (Wildman–Crippen MR) is 71.9 cm³/mol. The number of rotatable bonds is 2. The Morgan fingerprint density at radius 1 is 1.15 bits per heavy atom. The molecule has 4 nitrogen and oxygen atoms in total. The fraction of sp³-hybridized carbons (Fsp3) is 0.0909. The highest BCUT2D eigenvalue weighted by Crippen LogP contribution is 2.23. The molecule has 1 aromatic heterocycles. The van der Waals surface area contributed by atoms with Gasteiger partial charge in [0.2, 0.25) is 0 Å². The van der Waals surface area contributed by atoms with Crippen molar-refractivity contribution in [1.82, 2.24) is 9.78 Å². The molecular formula is C11H5Br2F3N2O2. The lowest BCUT2D eigenvalue weighted by Gasteiger charge is -2.10. The second kappa shape index (κ2) is 5.57. The second-order valence-corrected chi connectivity index (χ2v) is 5.21. The third kappa shape index (κ3) is 3.40. The van der Waals surface area contributed by atoms with Gasteiger partial charge in [-0.2, -0.15) is 9.78 Å². The van der Waals surface area contributed by atoms with Gasteiger partial charge in [-0.1, -0.05) is 0 Å². The van der Waals surface area contributed by atoms with E-state index in [1.807, 2.05) is 0 Å². The molecule has 0 bridgehead atoms. The Balaban J connectivity index is 2.36. The van der Waals surface area contributed by atoms with Gasteiger partial charge in [-0.15, -0.1) is 13.2 Å². The maximum Gasteiger partial charge on any atom is 0.573 e. The first-order valence-corrected chi connectivity index (χ1v) is 6.66. The van der Waals surface area contributed by atoms with Crippen LogP contribution < -0.4 is 10.3 Å². The van der Waals surface area contributed by atoms with Crippen LogP contribution in [0.15, 0.2) is 44.2 Å². The summed E-state index contributed by atoms with van der Waals surface area (Å²) in [5, 5.41) is 3.88. The lowest BCUT2D eigenvalue weighted by molar-refractivity contribution is -0.274. The molecule has 0 amide bonds. The number of aromatic nitrogens is 2. The van der Waals surface area contributed by atoms with Crippen LogP contribution in [0.2, 0.25) is 0 Å². The first kappa shape index (κ1) is 15.0. The summed E-state index contributed by atoms with van der Waals surface area (Å²) in [4.78, 5) is 11.9. The van der Waals surface area contributed by atoms with E-state index in [-0.39, 0.29) is 10.2 Å². The van der Waals surface area contributed by atoms with E-state index in [0.29, 0.717) is 10.2 Å². The Labute approximate surface area is 127 Å². The Morgan fingerprint density at radius 2 is 1.75 bits per heavy atom. The van der Waals surface area contributed by atoms with Crippen LogP contribution in [0, 0.1) is 0 Å². The number of ether oxygens (including phenoxy) is 1. The molecule has 0 aliphatic heterocycles. The summed E-state index contributed by atoms with van der Waals surface area (Å²) in [6, 6.07) is 4.81. The van der Waals surface area contributed by atoms with Crippen molar-refractivity contribution < 1.29 is 17.9 Å². The monoisotopic (exact) mass is 412 g/mol. The zero-order valence-electron chi connectivity index (χ0n) is 9.49. The molecule has 0 unspecified atom stereocenters. The minimum Gasteiger partial charge on any atom is -0.406 e. The van der Waals surface area contributed by atoms with E-state index >= 15 is 0 Å². The Hall–Kier alpha value is -1.35. The van der Waals surface area contributed by atoms with Crippen molar-refractivity contribution in [3.63, 3.8) is 0 Å². The van der Waals surface area contributed by atoms with Gasteiger partial charge in [0.25, 0.3) is 5.56 Å². The molecule has 0 radical (unpaired) electrons. The summed E-state index contributed by atoms with van der Waals surface area (Å²) >= 11 is 6.22. The van der Waals surface area contributed by atoms with Crippen LogP contribution in [0.25, 0.3) is 5.69 Å². The number of nitrogens with zero attached hydrogens (tertiary/aromatic N) is 2. The molecule has 2 aromatic rings. The van der Waals surface area contributed by atoms with Crippen molar-refractivity contribution >= 4 is 31.9 Å². The van der Waals surface area contributed by atoms with Crippen molar-refractivity contribution in [2.24, 2.45) is 0 Å². The van der Waals surface area contributed by atoms with Crippen LogP contribution in [0.5, 0.6) is 5.75 Å². The van der Waals surface area contributed by atoms with E-state index in [4.69, 9.17) is 0 Å². The molecule has 1 heterocycles. The summed E-state index contributed by atoms with van der Waals surface area (Å²) in [5.74, 6) is -0.370. The number of hydrogen-bond acceptors (Lipinski definition) is 3. The average molecular weight is 414 g/mol. The maximum atomic E-state index is 12.0. The minimum atomic E-state index is -4.75. The van der Waals surface area contributed by atoms with Crippen molar-refractivity contribution in [2.75, 3.05) is 0 Å². The van der Waals surface area contributed by atoms with Gasteiger partial charge in [0.1, 0.15) is 10.2 Å². The third-order valence-corrected chi connectivity index (χ3v) is 4.09. The fourth-order valence-corrected chi connectivity index (χ4v) is 1.92. The van der Waals surface area contributed by atoms with E-state index in [2.05, 4.69) is 41.7 Å². The van der Waals surface area contributed by atoms with Crippen LogP contribution in [-0.4, -0.2) is 16.1 Å². The van der Waals surface area contributed by atoms with Gasteiger partial charge in [0, 0.05) is 0 Å². The number of benzene rings is 1. The van der Waals surface area contributed by atoms with Gasteiger partial charge in [-0.25, -0.2) is 0 Å². The van der Waals surface area contributed by atoms with Gasteiger partial charge < -0.3 is 4.74 Å². The van der Waals surface area contributed by atoms with E-state index in [1.54, 1.807) is 0 Å². The molecule has 2 rings (SSSR count). The predicted octanol–water partition coefficient (Wildman–Crippen LogP) is 3.66. The Kier molecular flexibility index (Phi) is 4.19. The van der Waals surface area contributed by atoms with Crippen LogP contribution in [0.1, 0.15) is 0 Å². The first-order chi connectivity index (χ1) is 9.28. The molecule has 106 valence electrons. The highest BCUT2D eigenvalue weighted by molar-refractivity contribution is 9.13. The van der Waals surface area contributed by atoms with E-state index in [0.717, 1.165) is 16.8 Å². The zero-order valence-corrected chi connectivity index (χ0v) is 12.7. The van der Waals surface area contributed by atoms with Crippen molar-refractivity contribution in [3.05, 3.63) is 49.8 Å². The van der Waals surface area contributed by atoms with Gasteiger partial charge in [0.05, 0.1) is 16.4 Å². The highest BCUT2D eigenvalue weighted by atomic mass is 79.9. The van der Waals surface area contributed by atoms with Crippen LogP contribution in [-0.2, 0) is 0 Å². The smallest absolute Gasteiger partial charge is 0.406 e. The molecule has 0 saturated heterocycles. The SMILES string of the molecule is O=c1c(Br)c(Br)cnn1-c1ccc(OC(F)(F)F)cc1. The summed E-state index contributed by atoms with van der Waals surface area (Å²) < 4.78 is 41.6. The second-order valence-electron chi connectivity index (χ2n) is 3.57. The molecule has 1 aromatic carbocycles. The van der Waals surface area contributed by atoms with E-state index in [1.165, 1.54) is 18.3 Å². The molecule has 0 atom stereocenters. The third-order valence-electron chi connectivity index (χ3n) is 2.19. The Morgan fingerprint density at radius 3 is 2.30 bits per heavy atom. The Bertz CT molecular complexity index is 684. The molecule has 0 aliphatic rings. The topological polar surface area (TPSA) is 44.1 Å². The largest absolute Gasteiger partial charge is 0.573 e. The molecule has 20 heavy (non-hydrogen) atoms. The minimum absolute atomic E-state index is 0.267. The van der Waals surface area contributed by atoms with Crippen LogP contribution >= 0.6 is 31.9 Å². The quantitative estimate of drug-likeness (QED) is 0.754. The molecule has 9 heteroatoms. The van der Waals surface area contributed by atoms with Gasteiger partial charge in [-0.05, 0) is 56.1 Å².